The van der Waals surface area contributed by atoms with E-state index in [1.165, 1.54) is 5.56 Å². The van der Waals surface area contributed by atoms with Crippen LogP contribution in [-0.2, 0) is 0 Å². The predicted octanol–water partition coefficient (Wildman–Crippen LogP) is 0.982. The van der Waals surface area contributed by atoms with Gasteiger partial charge in [0.25, 0.3) is 0 Å². The molecule has 2 rings (SSSR count). The third kappa shape index (κ3) is 1.87. The van der Waals surface area contributed by atoms with Gasteiger partial charge in [0.15, 0.2) is 0 Å². The number of aromatic nitrogens is 1. The van der Waals surface area contributed by atoms with E-state index in [2.05, 4.69) is 35.1 Å². The number of aryl methyl sites for hydroxylation is 1. The molecule has 1 fully saturated rings. The Morgan fingerprint density at radius 1 is 1.43 bits per heavy atom. The molecule has 1 aliphatic heterocycles. The van der Waals surface area contributed by atoms with Gasteiger partial charge in [0.2, 0.25) is 0 Å². The van der Waals surface area contributed by atoms with Gasteiger partial charge in [0, 0.05) is 32.4 Å². The summed E-state index contributed by atoms with van der Waals surface area (Å²) in [7, 11) is 0. The normalized spacial score (nSPS) is 17.1. The summed E-state index contributed by atoms with van der Waals surface area (Å²) in [5.74, 6) is 1.11. The minimum atomic E-state index is 0.987. The number of anilines is 1. The molecule has 0 unspecified atom stereocenters. The second kappa shape index (κ2) is 3.96. The number of piperazine rings is 1. The van der Waals surface area contributed by atoms with Crippen LogP contribution in [0.3, 0.4) is 0 Å². The molecule has 1 aliphatic rings. The van der Waals surface area contributed by atoms with Crippen LogP contribution in [0.15, 0.2) is 12.3 Å². The first-order valence-electron chi connectivity index (χ1n) is 5.01. The highest BCUT2D eigenvalue weighted by atomic mass is 15.2. The van der Waals surface area contributed by atoms with Crippen molar-refractivity contribution in [1.82, 2.24) is 10.3 Å². The van der Waals surface area contributed by atoms with Crippen LogP contribution in [0, 0.1) is 13.8 Å². The molecule has 1 aromatic heterocycles. The van der Waals surface area contributed by atoms with Crippen molar-refractivity contribution in [2.45, 2.75) is 6.92 Å². The number of pyridine rings is 1. The first kappa shape index (κ1) is 9.46. The van der Waals surface area contributed by atoms with Gasteiger partial charge >= 0.3 is 0 Å². The summed E-state index contributed by atoms with van der Waals surface area (Å²) in [4.78, 5) is 6.76. The topological polar surface area (TPSA) is 28.2 Å². The standard InChI is InChI=1S/C11H16N3/c1-9-7-10(2)11(13-8-9)14-5-3-12-4-6-14/h7-8,12H,1,3-6H2,2H3. The van der Waals surface area contributed by atoms with Crippen LogP contribution in [0.1, 0.15) is 11.1 Å². The Bertz CT molecular complexity index is 316. The first-order chi connectivity index (χ1) is 6.77. The van der Waals surface area contributed by atoms with Crippen molar-refractivity contribution in [2.75, 3.05) is 31.1 Å². The number of rotatable bonds is 1. The Hall–Kier alpha value is -1.09. The molecule has 3 heteroatoms. The monoisotopic (exact) mass is 190 g/mol. The van der Waals surface area contributed by atoms with Crippen molar-refractivity contribution in [3.05, 3.63) is 30.3 Å². The molecule has 0 spiro atoms. The molecule has 1 N–H and O–H groups in total. The van der Waals surface area contributed by atoms with E-state index in [1.807, 2.05) is 6.20 Å². The van der Waals surface area contributed by atoms with E-state index in [0.717, 1.165) is 37.6 Å². The van der Waals surface area contributed by atoms with Gasteiger partial charge in [-0.05, 0) is 25.0 Å². The molecule has 1 radical (unpaired) electrons. The highest BCUT2D eigenvalue weighted by molar-refractivity contribution is 5.48. The summed E-state index contributed by atoms with van der Waals surface area (Å²) in [5, 5.41) is 3.33. The molecule has 1 saturated heterocycles. The van der Waals surface area contributed by atoms with Crippen molar-refractivity contribution in [3.63, 3.8) is 0 Å². The molecule has 0 atom stereocenters. The van der Waals surface area contributed by atoms with E-state index in [-0.39, 0.29) is 0 Å². The lowest BCUT2D eigenvalue weighted by Gasteiger charge is -2.29. The van der Waals surface area contributed by atoms with Crippen LogP contribution >= 0.6 is 0 Å². The number of hydrogen-bond acceptors (Lipinski definition) is 3. The van der Waals surface area contributed by atoms with Gasteiger partial charge in [-0.2, -0.15) is 0 Å². The van der Waals surface area contributed by atoms with Gasteiger partial charge in [0.05, 0.1) is 0 Å². The van der Waals surface area contributed by atoms with Crippen molar-refractivity contribution < 1.29 is 0 Å². The quantitative estimate of drug-likeness (QED) is 0.715. The van der Waals surface area contributed by atoms with Crippen molar-refractivity contribution in [2.24, 2.45) is 0 Å². The van der Waals surface area contributed by atoms with E-state index in [9.17, 15) is 0 Å². The van der Waals surface area contributed by atoms with Gasteiger partial charge < -0.3 is 10.2 Å². The molecule has 0 bridgehead atoms. The van der Waals surface area contributed by atoms with Crippen LogP contribution in [-0.4, -0.2) is 31.2 Å². The zero-order chi connectivity index (χ0) is 9.97. The molecule has 0 amide bonds. The fourth-order valence-electron chi connectivity index (χ4n) is 1.83. The smallest absolute Gasteiger partial charge is 0.131 e. The molecule has 75 valence electrons. The van der Waals surface area contributed by atoms with Gasteiger partial charge in [-0.3, -0.25) is 0 Å². The Labute approximate surface area is 85.1 Å². The largest absolute Gasteiger partial charge is 0.354 e. The summed E-state index contributed by atoms with van der Waals surface area (Å²) in [6, 6.07) is 2.09. The zero-order valence-corrected chi connectivity index (χ0v) is 8.58. The summed E-state index contributed by atoms with van der Waals surface area (Å²) in [6.07, 6.45) is 1.84. The zero-order valence-electron chi connectivity index (χ0n) is 8.58. The number of nitrogens with one attached hydrogen (secondary N) is 1. The van der Waals surface area contributed by atoms with Crippen molar-refractivity contribution in [1.29, 1.82) is 0 Å². The first-order valence-corrected chi connectivity index (χ1v) is 5.01. The number of hydrogen-bond donors (Lipinski definition) is 1. The fourth-order valence-corrected chi connectivity index (χ4v) is 1.83. The molecular formula is C11H16N3. The summed E-state index contributed by atoms with van der Waals surface area (Å²) >= 11 is 0. The summed E-state index contributed by atoms with van der Waals surface area (Å²) in [6.45, 7) is 10.2. The van der Waals surface area contributed by atoms with Crippen LogP contribution in [0.4, 0.5) is 5.82 Å². The van der Waals surface area contributed by atoms with Crippen LogP contribution in [0.5, 0.6) is 0 Å². The highest BCUT2D eigenvalue weighted by Gasteiger charge is 2.13. The molecule has 0 saturated carbocycles. The Kier molecular flexibility index (Phi) is 2.68. The Balaban J connectivity index is 2.22. The van der Waals surface area contributed by atoms with Crippen molar-refractivity contribution in [3.8, 4) is 0 Å². The molecule has 14 heavy (non-hydrogen) atoms. The Morgan fingerprint density at radius 2 is 2.14 bits per heavy atom. The van der Waals surface area contributed by atoms with Crippen molar-refractivity contribution >= 4 is 5.82 Å². The molecule has 0 aliphatic carbocycles. The van der Waals surface area contributed by atoms with E-state index in [0.29, 0.717) is 0 Å². The molecule has 2 heterocycles. The van der Waals surface area contributed by atoms with E-state index >= 15 is 0 Å². The van der Waals surface area contributed by atoms with Gasteiger partial charge in [-0.15, -0.1) is 0 Å². The fraction of sp³-hybridized carbons (Fsp3) is 0.455. The van der Waals surface area contributed by atoms with E-state index in [4.69, 9.17) is 0 Å². The molecule has 0 aromatic carbocycles. The third-order valence-corrected chi connectivity index (χ3v) is 2.52. The lowest BCUT2D eigenvalue weighted by Crippen LogP contribution is -2.44. The SMILES string of the molecule is [CH2]c1cnc(N2CCNCC2)c(C)c1. The summed E-state index contributed by atoms with van der Waals surface area (Å²) in [5.41, 5.74) is 2.21. The highest BCUT2D eigenvalue weighted by Crippen LogP contribution is 2.17. The van der Waals surface area contributed by atoms with Gasteiger partial charge in [-0.1, -0.05) is 6.07 Å². The maximum Gasteiger partial charge on any atom is 0.131 e. The van der Waals surface area contributed by atoms with E-state index in [1.54, 1.807) is 0 Å². The molecule has 3 nitrogen and oxygen atoms in total. The van der Waals surface area contributed by atoms with E-state index < -0.39 is 0 Å². The van der Waals surface area contributed by atoms with Gasteiger partial charge in [-0.25, -0.2) is 4.98 Å². The third-order valence-electron chi connectivity index (χ3n) is 2.52. The number of nitrogens with zero attached hydrogens (tertiary/aromatic N) is 2. The molecule has 1 aromatic rings. The average molecular weight is 190 g/mol. The minimum Gasteiger partial charge on any atom is -0.354 e. The van der Waals surface area contributed by atoms with Crippen LogP contribution in [0.25, 0.3) is 0 Å². The molecular weight excluding hydrogens is 174 g/mol. The maximum atomic E-state index is 4.44. The lowest BCUT2D eigenvalue weighted by molar-refractivity contribution is 0.584. The summed E-state index contributed by atoms with van der Waals surface area (Å²) < 4.78 is 0. The van der Waals surface area contributed by atoms with Crippen LogP contribution < -0.4 is 10.2 Å². The Morgan fingerprint density at radius 3 is 2.79 bits per heavy atom. The predicted molar refractivity (Wildman–Crippen MR) is 58.5 cm³/mol. The average Bonchev–Trinajstić information content (AvgIpc) is 2.19. The van der Waals surface area contributed by atoms with Crippen LogP contribution in [0.2, 0.25) is 0 Å². The second-order valence-corrected chi connectivity index (χ2v) is 3.72. The minimum absolute atomic E-state index is 0.987. The second-order valence-electron chi connectivity index (χ2n) is 3.72. The lowest BCUT2D eigenvalue weighted by atomic mass is 10.2. The maximum absolute atomic E-state index is 4.44. The van der Waals surface area contributed by atoms with Gasteiger partial charge in [0.1, 0.15) is 5.82 Å².